The van der Waals surface area contributed by atoms with Crippen LogP contribution < -0.4 is 0 Å². The summed E-state index contributed by atoms with van der Waals surface area (Å²) < 4.78 is 38.4. The van der Waals surface area contributed by atoms with Crippen molar-refractivity contribution in [3.8, 4) is 0 Å². The summed E-state index contributed by atoms with van der Waals surface area (Å²) in [7, 11) is 0. The predicted octanol–water partition coefficient (Wildman–Crippen LogP) is 3.23. The molecule has 0 bridgehead atoms. The van der Waals surface area contributed by atoms with Crippen molar-refractivity contribution in [3.63, 3.8) is 0 Å². The van der Waals surface area contributed by atoms with Crippen LogP contribution in [0.3, 0.4) is 0 Å². The van der Waals surface area contributed by atoms with E-state index in [1.807, 2.05) is 0 Å². The Labute approximate surface area is 111 Å². The molecule has 2 rings (SSSR count). The Hall–Kier alpha value is -1.66. The van der Waals surface area contributed by atoms with Crippen molar-refractivity contribution in [1.29, 1.82) is 0 Å². The molecule has 0 fully saturated rings. The zero-order chi connectivity index (χ0) is 14.0. The maximum absolute atomic E-state index is 12.8. The molecule has 0 spiro atoms. The van der Waals surface area contributed by atoms with Gasteiger partial charge in [-0.2, -0.15) is 13.2 Å². The minimum atomic E-state index is -4.56. The summed E-state index contributed by atoms with van der Waals surface area (Å²) in [6.07, 6.45) is -2.82. The van der Waals surface area contributed by atoms with Crippen LogP contribution in [0.1, 0.15) is 22.9 Å². The molecule has 0 aliphatic rings. The van der Waals surface area contributed by atoms with E-state index in [1.54, 1.807) is 0 Å². The first-order valence-electron chi connectivity index (χ1n) is 5.20. The normalized spacial score (nSPS) is 13.3. The van der Waals surface area contributed by atoms with E-state index in [4.69, 9.17) is 11.6 Å². The van der Waals surface area contributed by atoms with E-state index in [-0.39, 0.29) is 11.3 Å². The third-order valence-corrected chi connectivity index (χ3v) is 2.71. The van der Waals surface area contributed by atoms with Gasteiger partial charge in [-0.1, -0.05) is 11.6 Å². The Morgan fingerprint density at radius 3 is 2.47 bits per heavy atom. The van der Waals surface area contributed by atoms with Gasteiger partial charge in [0.15, 0.2) is 0 Å². The van der Waals surface area contributed by atoms with Gasteiger partial charge in [-0.3, -0.25) is 9.97 Å². The van der Waals surface area contributed by atoms with E-state index in [0.717, 1.165) is 18.5 Å². The van der Waals surface area contributed by atoms with Crippen LogP contribution in [0.5, 0.6) is 0 Å². The number of halogens is 4. The molecule has 0 aliphatic carbocycles. The smallest absolute Gasteiger partial charge is 0.382 e. The Balaban J connectivity index is 2.44. The quantitative estimate of drug-likeness (QED) is 0.923. The van der Waals surface area contributed by atoms with Crippen LogP contribution in [0.25, 0.3) is 0 Å². The van der Waals surface area contributed by atoms with E-state index in [2.05, 4.69) is 9.97 Å². The lowest BCUT2D eigenvalue weighted by Crippen LogP contribution is -2.13. The molecule has 100 valence electrons. The average Bonchev–Trinajstić information content (AvgIpc) is 2.38. The van der Waals surface area contributed by atoms with Crippen molar-refractivity contribution < 1.29 is 18.3 Å². The lowest BCUT2D eigenvalue weighted by atomic mass is 10.0. The molecule has 3 nitrogen and oxygen atoms in total. The number of aromatic nitrogens is 2. The van der Waals surface area contributed by atoms with Crippen molar-refractivity contribution in [1.82, 2.24) is 9.97 Å². The van der Waals surface area contributed by atoms with Gasteiger partial charge >= 0.3 is 6.18 Å². The summed E-state index contributed by atoms with van der Waals surface area (Å²) in [5.74, 6) is 0. The van der Waals surface area contributed by atoms with Crippen molar-refractivity contribution in [2.24, 2.45) is 0 Å². The molecule has 2 aromatic heterocycles. The van der Waals surface area contributed by atoms with E-state index >= 15 is 0 Å². The second kappa shape index (κ2) is 5.14. The van der Waals surface area contributed by atoms with Gasteiger partial charge in [-0.05, 0) is 18.2 Å². The molecule has 0 aromatic carbocycles. The molecule has 0 amide bonds. The number of hydrogen-bond donors (Lipinski definition) is 1. The first kappa shape index (κ1) is 13.8. The van der Waals surface area contributed by atoms with Crippen molar-refractivity contribution >= 4 is 11.6 Å². The van der Waals surface area contributed by atoms with Crippen LogP contribution in [0.4, 0.5) is 13.2 Å². The average molecular weight is 289 g/mol. The number of aliphatic hydroxyl groups excluding tert-OH is 1. The van der Waals surface area contributed by atoms with Crippen LogP contribution >= 0.6 is 11.6 Å². The van der Waals surface area contributed by atoms with E-state index in [9.17, 15) is 18.3 Å². The fourth-order valence-electron chi connectivity index (χ4n) is 1.59. The fraction of sp³-hybridized carbons (Fsp3) is 0.167. The molecular formula is C12H8ClF3N2O. The number of alkyl halides is 3. The third-order valence-electron chi connectivity index (χ3n) is 2.48. The van der Waals surface area contributed by atoms with Crippen LogP contribution in [0, 0.1) is 0 Å². The molecule has 19 heavy (non-hydrogen) atoms. The summed E-state index contributed by atoms with van der Waals surface area (Å²) in [6, 6.07) is 3.62. The molecular weight excluding hydrogens is 281 g/mol. The first-order valence-corrected chi connectivity index (χ1v) is 5.58. The monoisotopic (exact) mass is 288 g/mol. The Kier molecular flexibility index (Phi) is 3.73. The van der Waals surface area contributed by atoms with Gasteiger partial charge in [0.05, 0.1) is 16.3 Å². The molecule has 2 heterocycles. The third kappa shape index (κ3) is 3.02. The van der Waals surface area contributed by atoms with Crippen molar-refractivity contribution in [3.05, 3.63) is 58.6 Å². The highest BCUT2D eigenvalue weighted by Gasteiger charge is 2.35. The lowest BCUT2D eigenvalue weighted by molar-refractivity contribution is -0.139. The molecule has 0 aliphatic heterocycles. The molecule has 2 aromatic rings. The highest BCUT2D eigenvalue weighted by molar-refractivity contribution is 6.30. The fourth-order valence-corrected chi connectivity index (χ4v) is 1.70. The highest BCUT2D eigenvalue weighted by Crippen LogP contribution is 2.35. The van der Waals surface area contributed by atoms with Gasteiger partial charge in [0, 0.05) is 24.2 Å². The van der Waals surface area contributed by atoms with Gasteiger partial charge in [-0.25, -0.2) is 0 Å². The lowest BCUT2D eigenvalue weighted by Gasteiger charge is -2.16. The summed E-state index contributed by atoms with van der Waals surface area (Å²) in [4.78, 5) is 7.41. The molecule has 1 unspecified atom stereocenters. The number of nitrogens with zero attached hydrogens (tertiary/aromatic N) is 2. The standard InChI is InChI=1S/C12H8ClF3N2O/c13-7-1-2-10(18-5-7)11(19)8-6-17-4-3-9(8)12(14,15)16/h1-6,11,19H. The summed E-state index contributed by atoms with van der Waals surface area (Å²) in [6.45, 7) is 0. The number of rotatable bonds is 2. The minimum Gasteiger partial charge on any atom is -0.382 e. The van der Waals surface area contributed by atoms with Gasteiger partial charge < -0.3 is 5.11 Å². The SMILES string of the molecule is OC(c1ccc(Cl)cn1)c1cnccc1C(F)(F)F. The second-order valence-electron chi connectivity index (χ2n) is 3.76. The minimum absolute atomic E-state index is 0.0721. The van der Waals surface area contributed by atoms with Gasteiger partial charge in [0.25, 0.3) is 0 Å². The Morgan fingerprint density at radius 2 is 1.89 bits per heavy atom. The molecule has 0 saturated heterocycles. The van der Waals surface area contributed by atoms with Crippen molar-refractivity contribution in [2.45, 2.75) is 12.3 Å². The maximum Gasteiger partial charge on any atom is 0.416 e. The van der Waals surface area contributed by atoms with E-state index in [1.165, 1.54) is 18.3 Å². The molecule has 7 heteroatoms. The van der Waals surface area contributed by atoms with Gasteiger partial charge in [0.1, 0.15) is 6.10 Å². The largest absolute Gasteiger partial charge is 0.416 e. The summed E-state index contributed by atoms with van der Waals surface area (Å²) in [5, 5.41) is 10.3. The maximum atomic E-state index is 12.8. The summed E-state index contributed by atoms with van der Waals surface area (Å²) >= 11 is 5.63. The predicted molar refractivity (Wildman–Crippen MR) is 62.5 cm³/mol. The van der Waals surface area contributed by atoms with Crippen molar-refractivity contribution in [2.75, 3.05) is 0 Å². The summed E-state index contributed by atoms with van der Waals surface area (Å²) in [5.41, 5.74) is -1.21. The van der Waals surface area contributed by atoms with E-state index < -0.39 is 17.8 Å². The first-order chi connectivity index (χ1) is 8.89. The molecule has 1 atom stereocenters. The van der Waals surface area contributed by atoms with Crippen LogP contribution in [0.2, 0.25) is 5.02 Å². The van der Waals surface area contributed by atoms with Gasteiger partial charge in [0.2, 0.25) is 0 Å². The second-order valence-corrected chi connectivity index (χ2v) is 4.20. The zero-order valence-electron chi connectivity index (χ0n) is 9.39. The molecule has 0 radical (unpaired) electrons. The van der Waals surface area contributed by atoms with Crippen LogP contribution in [0.15, 0.2) is 36.8 Å². The topological polar surface area (TPSA) is 46.0 Å². The highest BCUT2D eigenvalue weighted by atomic mass is 35.5. The zero-order valence-corrected chi connectivity index (χ0v) is 10.2. The van der Waals surface area contributed by atoms with Gasteiger partial charge in [-0.15, -0.1) is 0 Å². The van der Waals surface area contributed by atoms with Crippen LogP contribution in [-0.2, 0) is 6.18 Å². The molecule has 1 N–H and O–H groups in total. The van der Waals surface area contributed by atoms with Crippen LogP contribution in [-0.4, -0.2) is 15.1 Å². The number of hydrogen-bond acceptors (Lipinski definition) is 3. The Morgan fingerprint density at radius 1 is 1.16 bits per heavy atom. The molecule has 0 saturated carbocycles. The van der Waals surface area contributed by atoms with E-state index in [0.29, 0.717) is 5.02 Å². The Bertz CT molecular complexity index is 572. The number of pyridine rings is 2. The number of aliphatic hydroxyl groups is 1.